The molecule has 1 saturated heterocycles. The number of amides is 1. The van der Waals surface area contributed by atoms with Crippen LogP contribution in [0.3, 0.4) is 0 Å². The zero-order chi connectivity index (χ0) is 18.4. The molecule has 0 aliphatic carbocycles. The third-order valence-corrected chi connectivity index (χ3v) is 3.87. The number of unbranched alkanes of at least 4 members (excludes halogenated alkanes) is 2. The molecular formula is C15H22FN3O6. The van der Waals surface area contributed by atoms with E-state index in [4.69, 9.17) is 9.47 Å². The minimum Gasteiger partial charge on any atom is -0.449 e. The SMILES string of the molecule is CCCCCOC(=O)Nc1nc(=O)n(C2OCCC2C(O)O)cc1F. The minimum atomic E-state index is -1.71. The largest absolute Gasteiger partial charge is 0.449 e. The number of nitrogens with zero attached hydrogens (tertiary/aromatic N) is 2. The van der Waals surface area contributed by atoms with Crippen LogP contribution < -0.4 is 11.0 Å². The number of aromatic nitrogens is 2. The topological polar surface area (TPSA) is 123 Å². The number of ether oxygens (including phenoxy) is 2. The van der Waals surface area contributed by atoms with E-state index in [9.17, 15) is 24.2 Å². The second-order valence-electron chi connectivity index (χ2n) is 5.72. The maximum Gasteiger partial charge on any atom is 0.412 e. The molecule has 0 bridgehead atoms. The van der Waals surface area contributed by atoms with E-state index in [1.54, 1.807) is 0 Å². The number of hydrogen-bond acceptors (Lipinski definition) is 7. The van der Waals surface area contributed by atoms with Gasteiger partial charge in [-0.1, -0.05) is 19.8 Å². The number of hydrogen-bond donors (Lipinski definition) is 3. The molecule has 0 aromatic carbocycles. The molecule has 140 valence electrons. The number of carbonyl (C=O) groups is 1. The van der Waals surface area contributed by atoms with Gasteiger partial charge in [0.15, 0.2) is 17.9 Å². The predicted molar refractivity (Wildman–Crippen MR) is 84.3 cm³/mol. The number of anilines is 1. The van der Waals surface area contributed by atoms with E-state index in [-0.39, 0.29) is 13.2 Å². The van der Waals surface area contributed by atoms with Crippen molar-refractivity contribution in [2.75, 3.05) is 18.5 Å². The van der Waals surface area contributed by atoms with Crippen LogP contribution in [0.1, 0.15) is 38.8 Å². The fourth-order valence-electron chi connectivity index (χ4n) is 2.54. The van der Waals surface area contributed by atoms with Gasteiger partial charge >= 0.3 is 11.8 Å². The van der Waals surface area contributed by atoms with Crippen LogP contribution >= 0.6 is 0 Å². The summed E-state index contributed by atoms with van der Waals surface area (Å²) in [4.78, 5) is 27.1. The summed E-state index contributed by atoms with van der Waals surface area (Å²) in [5.41, 5.74) is -0.889. The number of halogens is 1. The quantitative estimate of drug-likeness (QED) is 0.489. The zero-order valence-corrected chi connectivity index (χ0v) is 13.9. The second kappa shape index (κ2) is 8.88. The smallest absolute Gasteiger partial charge is 0.412 e. The van der Waals surface area contributed by atoms with Crippen molar-refractivity contribution >= 4 is 11.9 Å². The zero-order valence-electron chi connectivity index (χ0n) is 13.9. The Balaban J connectivity index is 2.07. The van der Waals surface area contributed by atoms with Crippen LogP contribution in [0.15, 0.2) is 11.0 Å². The van der Waals surface area contributed by atoms with Crippen molar-refractivity contribution in [3.05, 3.63) is 22.5 Å². The highest BCUT2D eigenvalue weighted by atomic mass is 19.1. The van der Waals surface area contributed by atoms with Crippen LogP contribution in [0.25, 0.3) is 0 Å². The van der Waals surface area contributed by atoms with E-state index in [1.807, 2.05) is 6.92 Å². The highest BCUT2D eigenvalue weighted by Crippen LogP contribution is 2.31. The van der Waals surface area contributed by atoms with Gasteiger partial charge in [0.2, 0.25) is 0 Å². The first-order chi connectivity index (χ1) is 11.9. The van der Waals surface area contributed by atoms with Crippen molar-refractivity contribution in [1.29, 1.82) is 0 Å². The molecule has 1 amide bonds. The molecule has 1 aliphatic rings. The lowest BCUT2D eigenvalue weighted by atomic mass is 10.1. The van der Waals surface area contributed by atoms with Crippen LogP contribution in [-0.2, 0) is 9.47 Å². The number of aliphatic hydroxyl groups is 2. The fourth-order valence-corrected chi connectivity index (χ4v) is 2.54. The molecule has 1 fully saturated rings. The lowest BCUT2D eigenvalue weighted by Gasteiger charge is -2.21. The standard InChI is InChI=1S/C15H22FN3O6/c1-2-3-4-6-25-15(23)18-11-10(16)8-19(14(22)17-11)12-9(13(20)21)5-7-24-12/h8-9,12-13,20-21H,2-7H2,1H3,(H,17,18,22,23). The van der Waals surface area contributed by atoms with E-state index in [0.717, 1.165) is 23.6 Å². The van der Waals surface area contributed by atoms with Crippen LogP contribution in [0.4, 0.5) is 15.0 Å². The Morgan fingerprint density at radius 3 is 3.00 bits per heavy atom. The van der Waals surface area contributed by atoms with E-state index in [0.29, 0.717) is 12.8 Å². The molecule has 0 spiro atoms. The molecule has 2 unspecified atom stereocenters. The first kappa shape index (κ1) is 19.3. The van der Waals surface area contributed by atoms with Gasteiger partial charge in [0.1, 0.15) is 6.23 Å². The average Bonchev–Trinajstić information content (AvgIpc) is 3.04. The Bertz CT molecular complexity index is 651. The molecule has 1 aromatic rings. The van der Waals surface area contributed by atoms with Crippen LogP contribution in [0.5, 0.6) is 0 Å². The van der Waals surface area contributed by atoms with Crippen LogP contribution in [0, 0.1) is 11.7 Å². The Labute approximate surface area is 143 Å². The molecule has 3 N–H and O–H groups in total. The molecular weight excluding hydrogens is 337 g/mol. The van der Waals surface area contributed by atoms with Crippen molar-refractivity contribution in [2.45, 2.75) is 45.1 Å². The summed E-state index contributed by atoms with van der Waals surface area (Å²) in [5.74, 6) is -2.30. The average molecular weight is 359 g/mol. The minimum absolute atomic E-state index is 0.185. The number of aliphatic hydroxyl groups excluding tert-OH is 1. The van der Waals surface area contributed by atoms with Gasteiger partial charge in [-0.3, -0.25) is 9.88 Å². The Morgan fingerprint density at radius 2 is 2.32 bits per heavy atom. The van der Waals surface area contributed by atoms with Crippen molar-refractivity contribution in [3.8, 4) is 0 Å². The summed E-state index contributed by atoms with van der Waals surface area (Å²) in [6.07, 6.45) is 0.0175. The Morgan fingerprint density at radius 1 is 1.56 bits per heavy atom. The molecule has 2 rings (SSSR count). The molecule has 2 atom stereocenters. The monoisotopic (exact) mass is 359 g/mol. The molecule has 1 aliphatic heterocycles. The normalized spacial score (nSPS) is 20.0. The lowest BCUT2D eigenvalue weighted by Crippen LogP contribution is -2.35. The van der Waals surface area contributed by atoms with Crippen molar-refractivity contribution in [1.82, 2.24) is 9.55 Å². The predicted octanol–water partition coefficient (Wildman–Crippen LogP) is 0.967. The van der Waals surface area contributed by atoms with Gasteiger partial charge in [-0.05, 0) is 12.8 Å². The summed E-state index contributed by atoms with van der Waals surface area (Å²) in [5, 5.41) is 20.7. The molecule has 2 heterocycles. The van der Waals surface area contributed by atoms with Gasteiger partial charge in [0, 0.05) is 6.61 Å². The lowest BCUT2D eigenvalue weighted by molar-refractivity contribution is -0.118. The summed E-state index contributed by atoms with van der Waals surface area (Å²) in [6.45, 7) is 2.39. The highest BCUT2D eigenvalue weighted by Gasteiger charge is 2.35. The molecule has 25 heavy (non-hydrogen) atoms. The third kappa shape index (κ3) is 4.97. The van der Waals surface area contributed by atoms with Gasteiger partial charge in [-0.25, -0.2) is 14.0 Å². The molecule has 10 heteroatoms. The molecule has 9 nitrogen and oxygen atoms in total. The first-order valence-electron chi connectivity index (χ1n) is 8.14. The number of nitrogens with one attached hydrogen (secondary N) is 1. The van der Waals surface area contributed by atoms with Gasteiger partial charge in [0.25, 0.3) is 0 Å². The molecule has 1 aromatic heterocycles. The summed E-state index contributed by atoms with van der Waals surface area (Å²) in [7, 11) is 0. The van der Waals surface area contributed by atoms with Crippen molar-refractivity contribution < 1.29 is 28.9 Å². The van der Waals surface area contributed by atoms with E-state index >= 15 is 0 Å². The van der Waals surface area contributed by atoms with Crippen LogP contribution in [-0.4, -0.2) is 45.4 Å². The van der Waals surface area contributed by atoms with Crippen molar-refractivity contribution in [3.63, 3.8) is 0 Å². The number of carbonyl (C=O) groups excluding carboxylic acids is 1. The maximum absolute atomic E-state index is 14.1. The molecule has 0 radical (unpaired) electrons. The van der Waals surface area contributed by atoms with Crippen molar-refractivity contribution in [2.24, 2.45) is 5.92 Å². The first-order valence-corrected chi connectivity index (χ1v) is 8.14. The number of rotatable bonds is 7. The van der Waals surface area contributed by atoms with Crippen LogP contribution in [0.2, 0.25) is 0 Å². The Kier molecular flexibility index (Phi) is 6.85. The highest BCUT2D eigenvalue weighted by molar-refractivity contribution is 5.83. The summed E-state index contributed by atoms with van der Waals surface area (Å²) >= 11 is 0. The third-order valence-electron chi connectivity index (χ3n) is 3.87. The fraction of sp³-hybridized carbons (Fsp3) is 0.667. The Hall–Kier alpha value is -2.04. The summed E-state index contributed by atoms with van der Waals surface area (Å²) in [6, 6.07) is 0. The van der Waals surface area contributed by atoms with Gasteiger partial charge in [-0.2, -0.15) is 4.98 Å². The maximum atomic E-state index is 14.1. The van der Waals surface area contributed by atoms with E-state index < -0.39 is 41.9 Å². The summed E-state index contributed by atoms with van der Waals surface area (Å²) < 4.78 is 25.1. The van der Waals surface area contributed by atoms with E-state index in [1.165, 1.54) is 0 Å². The molecule has 0 saturated carbocycles. The van der Waals surface area contributed by atoms with Gasteiger partial charge in [-0.15, -0.1) is 0 Å². The second-order valence-corrected chi connectivity index (χ2v) is 5.72. The van der Waals surface area contributed by atoms with Gasteiger partial charge < -0.3 is 19.7 Å². The van der Waals surface area contributed by atoms with E-state index in [2.05, 4.69) is 10.3 Å². The van der Waals surface area contributed by atoms with Gasteiger partial charge in [0.05, 0.1) is 18.7 Å².